The van der Waals surface area contributed by atoms with Crippen LogP contribution in [0.5, 0.6) is 23.0 Å². The molecule has 140 valence electrons. The number of hydrogen-bond donors (Lipinski definition) is 2. The first kappa shape index (κ1) is 19.1. The summed E-state index contributed by atoms with van der Waals surface area (Å²) in [7, 11) is 7.55. The normalized spacial score (nSPS) is 19.0. The van der Waals surface area contributed by atoms with Crippen LogP contribution in [0.25, 0.3) is 11.1 Å². The minimum absolute atomic E-state index is 0. The van der Waals surface area contributed by atoms with E-state index in [2.05, 4.69) is 14.1 Å². The van der Waals surface area contributed by atoms with Gasteiger partial charge in [0.1, 0.15) is 6.04 Å². The Hall–Kier alpha value is -1.67. The molecule has 2 aliphatic rings. The van der Waals surface area contributed by atoms with Crippen molar-refractivity contribution in [1.29, 1.82) is 0 Å². The largest absolute Gasteiger partial charge is 1.00 e. The van der Waals surface area contributed by atoms with Gasteiger partial charge in [-0.1, -0.05) is 6.07 Å². The van der Waals surface area contributed by atoms with E-state index in [9.17, 15) is 10.2 Å². The summed E-state index contributed by atoms with van der Waals surface area (Å²) in [5.41, 5.74) is 4.72. The van der Waals surface area contributed by atoms with Crippen LogP contribution in [0, 0.1) is 0 Å². The molecule has 2 aromatic carbocycles. The number of rotatable bonds is 2. The summed E-state index contributed by atoms with van der Waals surface area (Å²) in [5, 5.41) is 21.7. The van der Waals surface area contributed by atoms with Crippen molar-refractivity contribution in [1.82, 2.24) is 0 Å². The zero-order valence-electron chi connectivity index (χ0n) is 15.5. The lowest BCUT2D eigenvalue weighted by molar-refractivity contribution is -0.923. The van der Waals surface area contributed by atoms with E-state index in [0.29, 0.717) is 22.6 Å². The van der Waals surface area contributed by atoms with E-state index in [-0.39, 0.29) is 41.5 Å². The van der Waals surface area contributed by atoms with Crippen LogP contribution in [0.2, 0.25) is 0 Å². The molecular weight excluding hydrogens is 445 g/mol. The van der Waals surface area contributed by atoms with Crippen molar-refractivity contribution in [2.24, 2.45) is 0 Å². The molecule has 26 heavy (non-hydrogen) atoms. The van der Waals surface area contributed by atoms with E-state index in [1.165, 1.54) is 12.7 Å². The summed E-state index contributed by atoms with van der Waals surface area (Å²) in [6, 6.07) is 5.98. The third kappa shape index (κ3) is 2.53. The van der Waals surface area contributed by atoms with Crippen LogP contribution in [-0.4, -0.2) is 49.6 Å². The van der Waals surface area contributed by atoms with Crippen molar-refractivity contribution in [2.75, 3.05) is 34.9 Å². The van der Waals surface area contributed by atoms with Crippen molar-refractivity contribution < 1.29 is 48.1 Å². The molecule has 4 rings (SSSR count). The molecule has 0 saturated carbocycles. The minimum atomic E-state index is 0. The molecule has 0 spiro atoms. The van der Waals surface area contributed by atoms with Gasteiger partial charge in [0, 0.05) is 29.5 Å². The summed E-state index contributed by atoms with van der Waals surface area (Å²) in [6.45, 7) is 1.03. The van der Waals surface area contributed by atoms with Crippen LogP contribution in [0.1, 0.15) is 22.7 Å². The number of aromatic hydroxyl groups is 2. The standard InChI is InChI=1S/C20H23NO4.HI/c1-21(2)8-7-12-10-15(25-4)20(23)18-16(12)13(21)9-11-5-6-14(24-3)19(22)17(11)18;/h5-6,10,13H,7-9H2,1-4H3,(H-,22,23);1H/t13-;/m1./s1. The van der Waals surface area contributed by atoms with Crippen molar-refractivity contribution in [3.8, 4) is 34.1 Å². The van der Waals surface area contributed by atoms with Crippen molar-refractivity contribution in [3.63, 3.8) is 0 Å². The maximum atomic E-state index is 10.9. The fourth-order valence-electron chi connectivity index (χ4n) is 4.41. The first-order valence-corrected chi connectivity index (χ1v) is 8.53. The summed E-state index contributed by atoms with van der Waals surface area (Å²) in [6.07, 6.45) is 1.74. The predicted molar refractivity (Wildman–Crippen MR) is 95.4 cm³/mol. The average molecular weight is 469 g/mol. The molecule has 5 nitrogen and oxygen atoms in total. The van der Waals surface area contributed by atoms with Gasteiger partial charge in [-0.3, -0.25) is 0 Å². The first-order valence-electron chi connectivity index (χ1n) is 8.53. The molecule has 1 aliphatic heterocycles. The zero-order valence-corrected chi connectivity index (χ0v) is 17.6. The lowest BCUT2D eigenvalue weighted by Gasteiger charge is -2.46. The summed E-state index contributed by atoms with van der Waals surface area (Å²) in [5.74, 6) is 1.05. The maximum absolute atomic E-state index is 10.9. The number of hydrogen-bond acceptors (Lipinski definition) is 4. The number of quaternary nitrogens is 1. The van der Waals surface area contributed by atoms with Gasteiger partial charge in [-0.2, -0.15) is 0 Å². The van der Waals surface area contributed by atoms with Gasteiger partial charge < -0.3 is 48.1 Å². The summed E-state index contributed by atoms with van der Waals surface area (Å²) >= 11 is 0. The molecule has 1 atom stereocenters. The van der Waals surface area contributed by atoms with Gasteiger partial charge in [-0.05, 0) is 23.3 Å². The van der Waals surface area contributed by atoms with Crippen LogP contribution in [-0.2, 0) is 12.8 Å². The summed E-state index contributed by atoms with van der Waals surface area (Å²) < 4.78 is 11.6. The van der Waals surface area contributed by atoms with E-state index in [4.69, 9.17) is 9.47 Å². The lowest BCUT2D eigenvalue weighted by atomic mass is 9.75. The Morgan fingerprint density at radius 1 is 0.962 bits per heavy atom. The number of phenols is 2. The summed E-state index contributed by atoms with van der Waals surface area (Å²) in [4.78, 5) is 0. The highest BCUT2D eigenvalue weighted by atomic mass is 127. The van der Waals surface area contributed by atoms with Gasteiger partial charge in [0.2, 0.25) is 0 Å². The smallest absolute Gasteiger partial charge is 0.166 e. The predicted octanol–water partition coefficient (Wildman–Crippen LogP) is 0.0157. The van der Waals surface area contributed by atoms with Gasteiger partial charge in [0.25, 0.3) is 0 Å². The molecule has 0 aromatic heterocycles. The third-order valence-electron chi connectivity index (χ3n) is 5.86. The molecule has 0 fully saturated rings. The molecule has 6 heteroatoms. The second kappa shape index (κ2) is 6.49. The Labute approximate surface area is 170 Å². The molecule has 0 saturated heterocycles. The Kier molecular flexibility index (Phi) is 4.77. The fraction of sp³-hybridized carbons (Fsp3) is 0.400. The molecule has 0 radical (unpaired) electrons. The zero-order chi connectivity index (χ0) is 17.9. The van der Waals surface area contributed by atoms with E-state index in [0.717, 1.165) is 35.0 Å². The highest BCUT2D eigenvalue weighted by molar-refractivity contribution is 5.87. The van der Waals surface area contributed by atoms with Crippen molar-refractivity contribution in [2.45, 2.75) is 18.9 Å². The molecule has 2 N–H and O–H groups in total. The van der Waals surface area contributed by atoms with Crippen molar-refractivity contribution >= 4 is 0 Å². The quantitative estimate of drug-likeness (QED) is 0.481. The van der Waals surface area contributed by atoms with Gasteiger partial charge in [-0.25, -0.2) is 0 Å². The third-order valence-corrected chi connectivity index (χ3v) is 5.86. The maximum Gasteiger partial charge on any atom is 0.166 e. The lowest BCUT2D eigenvalue weighted by Crippen LogP contribution is -3.00. The van der Waals surface area contributed by atoms with Crippen LogP contribution in [0.3, 0.4) is 0 Å². The highest BCUT2D eigenvalue weighted by Gasteiger charge is 2.44. The number of benzene rings is 2. The molecular formula is C20H24INO4. The second-order valence-corrected chi connectivity index (χ2v) is 7.50. The SMILES string of the molecule is COc1ccc2c(c1O)-c1c(O)c(OC)cc3c1[C@@H](C2)[N+](C)(C)CC3.[I-]. The molecule has 0 amide bonds. The van der Waals surface area contributed by atoms with Crippen molar-refractivity contribution in [3.05, 3.63) is 34.9 Å². The van der Waals surface area contributed by atoms with Crippen LogP contribution < -0.4 is 33.5 Å². The average Bonchev–Trinajstić information content (AvgIpc) is 2.59. The Balaban J connectivity index is 0.00000196. The highest BCUT2D eigenvalue weighted by Crippen LogP contribution is 2.56. The molecule has 0 unspecified atom stereocenters. The molecule has 0 bridgehead atoms. The fourth-order valence-corrected chi connectivity index (χ4v) is 4.41. The van der Waals surface area contributed by atoms with Gasteiger partial charge in [-0.15, -0.1) is 0 Å². The van der Waals surface area contributed by atoms with Crippen LogP contribution in [0.15, 0.2) is 18.2 Å². The monoisotopic (exact) mass is 469 g/mol. The van der Waals surface area contributed by atoms with E-state index in [1.807, 2.05) is 12.1 Å². The number of fused-ring (bicyclic) bond motifs is 2. The molecule has 1 heterocycles. The second-order valence-electron chi connectivity index (χ2n) is 7.50. The van der Waals surface area contributed by atoms with Crippen LogP contribution in [0.4, 0.5) is 0 Å². The first-order chi connectivity index (χ1) is 11.9. The number of methoxy groups -OCH3 is 2. The van der Waals surface area contributed by atoms with Gasteiger partial charge >= 0.3 is 0 Å². The van der Waals surface area contributed by atoms with Gasteiger partial charge in [0.15, 0.2) is 23.0 Å². The van der Waals surface area contributed by atoms with E-state index in [1.54, 1.807) is 13.2 Å². The minimum Gasteiger partial charge on any atom is -1.00 e. The Morgan fingerprint density at radius 3 is 2.27 bits per heavy atom. The molecule has 1 aliphatic carbocycles. The Morgan fingerprint density at radius 2 is 1.62 bits per heavy atom. The number of nitrogens with zero attached hydrogens (tertiary/aromatic N) is 1. The molecule has 2 aromatic rings. The topological polar surface area (TPSA) is 58.9 Å². The number of phenolic OH excluding ortho intramolecular Hbond substituents is 2. The van der Waals surface area contributed by atoms with E-state index < -0.39 is 0 Å². The van der Waals surface area contributed by atoms with Crippen LogP contribution >= 0.6 is 0 Å². The number of ether oxygens (including phenoxy) is 2. The van der Waals surface area contributed by atoms with E-state index >= 15 is 0 Å². The number of likely N-dealkylation sites (N-methyl/N-ethyl adjacent to an activating group) is 1. The van der Waals surface area contributed by atoms with Gasteiger partial charge in [0.05, 0.1) is 34.9 Å². The Bertz CT molecular complexity index is 879. The number of halogens is 1.